The van der Waals surface area contributed by atoms with Crippen molar-refractivity contribution in [2.24, 2.45) is 0 Å². The number of nitrogens with zero attached hydrogens (tertiary/aromatic N) is 1. The van der Waals surface area contributed by atoms with E-state index in [1.54, 1.807) is 30.6 Å². The van der Waals surface area contributed by atoms with Crippen LogP contribution >= 0.6 is 15.9 Å². The molecule has 0 radical (unpaired) electrons. The highest BCUT2D eigenvalue weighted by molar-refractivity contribution is 9.10. The number of pyridine rings is 1. The predicted molar refractivity (Wildman–Crippen MR) is 71.1 cm³/mol. The van der Waals surface area contributed by atoms with Gasteiger partial charge in [0.2, 0.25) is 0 Å². The number of benzene rings is 1. The van der Waals surface area contributed by atoms with Crippen LogP contribution in [0.15, 0.2) is 47.2 Å². The van der Waals surface area contributed by atoms with E-state index < -0.39 is 0 Å². The van der Waals surface area contributed by atoms with Crippen LogP contribution in [0.3, 0.4) is 0 Å². The minimum absolute atomic E-state index is 0.119. The number of hydrogen-bond donors (Lipinski definition) is 1. The van der Waals surface area contributed by atoms with Crippen LogP contribution in [-0.4, -0.2) is 10.9 Å². The minimum atomic E-state index is -0.119. The molecule has 1 amide bonds. The Morgan fingerprint density at radius 1 is 1.24 bits per heavy atom. The molecule has 0 saturated carbocycles. The maximum absolute atomic E-state index is 11.9. The molecule has 0 aliphatic rings. The Hall–Kier alpha value is -1.68. The second-order valence-corrected chi connectivity index (χ2v) is 4.51. The van der Waals surface area contributed by atoms with Gasteiger partial charge >= 0.3 is 0 Å². The first-order chi connectivity index (χ1) is 8.16. The summed E-state index contributed by atoms with van der Waals surface area (Å²) in [5.41, 5.74) is 2.42. The van der Waals surface area contributed by atoms with Gasteiger partial charge in [0.05, 0.1) is 0 Å². The topological polar surface area (TPSA) is 42.0 Å². The Morgan fingerprint density at radius 3 is 2.59 bits per heavy atom. The highest BCUT2D eigenvalue weighted by Gasteiger charge is 2.07. The van der Waals surface area contributed by atoms with Gasteiger partial charge in [-0.1, -0.05) is 15.9 Å². The number of carbonyl (C=O) groups excluding carboxylic acids is 1. The van der Waals surface area contributed by atoms with Crippen molar-refractivity contribution in [2.45, 2.75) is 6.92 Å². The molecule has 0 unspecified atom stereocenters. The molecule has 3 nitrogen and oxygen atoms in total. The maximum atomic E-state index is 11.9. The van der Waals surface area contributed by atoms with Gasteiger partial charge in [-0.2, -0.15) is 0 Å². The van der Waals surface area contributed by atoms with Crippen molar-refractivity contribution < 1.29 is 4.79 Å². The molecule has 4 heteroatoms. The molecule has 17 heavy (non-hydrogen) atoms. The van der Waals surface area contributed by atoms with E-state index in [0.29, 0.717) is 5.56 Å². The fraction of sp³-hybridized carbons (Fsp3) is 0.0769. The maximum Gasteiger partial charge on any atom is 0.255 e. The second kappa shape index (κ2) is 5.10. The number of anilines is 1. The van der Waals surface area contributed by atoms with Crippen molar-refractivity contribution in [1.82, 2.24) is 4.98 Å². The lowest BCUT2D eigenvalue weighted by atomic mass is 10.1. The van der Waals surface area contributed by atoms with E-state index in [1.165, 1.54) is 0 Å². The summed E-state index contributed by atoms with van der Waals surface area (Å²) in [7, 11) is 0. The van der Waals surface area contributed by atoms with Crippen LogP contribution in [0.4, 0.5) is 5.69 Å². The summed E-state index contributed by atoms with van der Waals surface area (Å²) in [6.45, 7) is 1.95. The third-order valence-corrected chi connectivity index (χ3v) is 3.25. The van der Waals surface area contributed by atoms with E-state index in [2.05, 4.69) is 26.2 Å². The lowest BCUT2D eigenvalue weighted by Gasteiger charge is -2.06. The lowest BCUT2D eigenvalue weighted by Crippen LogP contribution is -2.11. The Balaban J connectivity index is 2.18. The van der Waals surface area contributed by atoms with Crippen molar-refractivity contribution in [3.8, 4) is 0 Å². The second-order valence-electron chi connectivity index (χ2n) is 3.65. The van der Waals surface area contributed by atoms with Crippen LogP contribution in [0.5, 0.6) is 0 Å². The third kappa shape index (κ3) is 2.91. The highest BCUT2D eigenvalue weighted by atomic mass is 79.9. The summed E-state index contributed by atoms with van der Waals surface area (Å²) in [6, 6.07) is 9.01. The first kappa shape index (κ1) is 11.8. The Kier molecular flexibility index (Phi) is 3.54. The van der Waals surface area contributed by atoms with Gasteiger partial charge < -0.3 is 5.32 Å². The van der Waals surface area contributed by atoms with Gasteiger partial charge in [0.25, 0.3) is 5.91 Å². The van der Waals surface area contributed by atoms with E-state index in [9.17, 15) is 4.79 Å². The van der Waals surface area contributed by atoms with Crippen LogP contribution < -0.4 is 5.32 Å². The Bertz CT molecular complexity index is 540. The molecule has 1 heterocycles. The predicted octanol–water partition coefficient (Wildman–Crippen LogP) is 3.40. The van der Waals surface area contributed by atoms with Gasteiger partial charge in [0.15, 0.2) is 0 Å². The molecule has 2 rings (SSSR count). The van der Waals surface area contributed by atoms with Gasteiger partial charge in [-0.25, -0.2) is 0 Å². The summed E-state index contributed by atoms with van der Waals surface area (Å²) >= 11 is 3.41. The van der Waals surface area contributed by atoms with E-state index in [0.717, 1.165) is 15.7 Å². The molecular formula is C13H11BrN2O. The molecule has 1 aromatic carbocycles. The minimum Gasteiger partial charge on any atom is -0.322 e. The zero-order valence-electron chi connectivity index (χ0n) is 9.27. The van der Waals surface area contributed by atoms with Gasteiger partial charge in [-0.05, 0) is 42.8 Å². The molecule has 1 aromatic heterocycles. The number of hydrogen-bond acceptors (Lipinski definition) is 2. The smallest absolute Gasteiger partial charge is 0.255 e. The number of aromatic nitrogens is 1. The van der Waals surface area contributed by atoms with Crippen molar-refractivity contribution in [2.75, 3.05) is 5.32 Å². The van der Waals surface area contributed by atoms with Crippen LogP contribution in [0.1, 0.15) is 15.9 Å². The van der Waals surface area contributed by atoms with E-state index in [-0.39, 0.29) is 5.91 Å². The highest BCUT2D eigenvalue weighted by Crippen LogP contribution is 2.17. The molecule has 0 fully saturated rings. The van der Waals surface area contributed by atoms with Crippen molar-refractivity contribution >= 4 is 27.5 Å². The molecule has 0 aliphatic heterocycles. The normalized spacial score (nSPS) is 10.0. The number of carbonyl (C=O) groups is 1. The fourth-order valence-electron chi connectivity index (χ4n) is 1.42. The third-order valence-electron chi connectivity index (χ3n) is 2.36. The van der Waals surface area contributed by atoms with Crippen molar-refractivity contribution in [1.29, 1.82) is 0 Å². The van der Waals surface area contributed by atoms with Gasteiger partial charge in [0.1, 0.15) is 0 Å². The molecule has 1 N–H and O–H groups in total. The fourth-order valence-corrected chi connectivity index (χ4v) is 1.67. The number of halogens is 1. The standard InChI is InChI=1S/C13H11BrN2O/c1-9-8-10(2-3-12(9)14)13(17)16-11-4-6-15-7-5-11/h2-8H,1H3,(H,15,16,17). The molecule has 86 valence electrons. The van der Waals surface area contributed by atoms with Crippen LogP contribution in [0, 0.1) is 6.92 Å². The summed E-state index contributed by atoms with van der Waals surface area (Å²) in [4.78, 5) is 15.8. The van der Waals surface area contributed by atoms with Gasteiger partial charge in [0, 0.05) is 28.1 Å². The van der Waals surface area contributed by atoms with Crippen LogP contribution in [0.2, 0.25) is 0 Å². The molecule has 0 aliphatic carbocycles. The Morgan fingerprint density at radius 2 is 1.94 bits per heavy atom. The molecule has 0 spiro atoms. The number of nitrogens with one attached hydrogen (secondary N) is 1. The quantitative estimate of drug-likeness (QED) is 0.921. The lowest BCUT2D eigenvalue weighted by molar-refractivity contribution is 0.102. The number of rotatable bonds is 2. The average molecular weight is 291 g/mol. The Labute approximate surface area is 108 Å². The number of amides is 1. The molecular weight excluding hydrogens is 280 g/mol. The van der Waals surface area contributed by atoms with Crippen LogP contribution in [-0.2, 0) is 0 Å². The zero-order valence-corrected chi connectivity index (χ0v) is 10.9. The van der Waals surface area contributed by atoms with Crippen molar-refractivity contribution in [3.05, 3.63) is 58.3 Å². The first-order valence-corrected chi connectivity index (χ1v) is 5.93. The summed E-state index contributed by atoms with van der Waals surface area (Å²) in [5, 5.41) is 2.81. The largest absolute Gasteiger partial charge is 0.322 e. The van der Waals surface area contributed by atoms with E-state index in [4.69, 9.17) is 0 Å². The molecule has 0 saturated heterocycles. The summed E-state index contributed by atoms with van der Waals surface area (Å²) < 4.78 is 0.998. The number of aryl methyl sites for hydroxylation is 1. The van der Waals surface area contributed by atoms with E-state index in [1.807, 2.05) is 19.1 Å². The molecule has 2 aromatic rings. The molecule has 0 atom stereocenters. The monoisotopic (exact) mass is 290 g/mol. The van der Waals surface area contributed by atoms with E-state index >= 15 is 0 Å². The zero-order chi connectivity index (χ0) is 12.3. The first-order valence-electron chi connectivity index (χ1n) is 5.14. The van der Waals surface area contributed by atoms with Gasteiger partial charge in [-0.15, -0.1) is 0 Å². The van der Waals surface area contributed by atoms with Gasteiger partial charge in [-0.3, -0.25) is 9.78 Å². The molecule has 0 bridgehead atoms. The summed E-state index contributed by atoms with van der Waals surface area (Å²) in [5.74, 6) is -0.119. The van der Waals surface area contributed by atoms with Crippen LogP contribution in [0.25, 0.3) is 0 Å². The van der Waals surface area contributed by atoms with Crippen molar-refractivity contribution in [3.63, 3.8) is 0 Å². The SMILES string of the molecule is Cc1cc(C(=O)Nc2ccncc2)ccc1Br. The average Bonchev–Trinajstić information content (AvgIpc) is 2.34. The summed E-state index contributed by atoms with van der Waals surface area (Å²) in [6.07, 6.45) is 3.28.